The summed E-state index contributed by atoms with van der Waals surface area (Å²) < 4.78 is 5.10. The number of ether oxygens (including phenoxy) is 1. The van der Waals surface area contributed by atoms with E-state index in [1.165, 1.54) is 19.3 Å². The Balaban J connectivity index is 2.14. The molecular weight excluding hydrogens is 178 g/mol. The van der Waals surface area contributed by atoms with Crippen molar-refractivity contribution in [3.8, 4) is 0 Å². The zero-order valence-corrected chi connectivity index (χ0v) is 9.33. The molecule has 0 spiro atoms. The van der Waals surface area contributed by atoms with Crippen LogP contribution in [0.4, 0.5) is 0 Å². The molecule has 2 atom stereocenters. The van der Waals surface area contributed by atoms with Gasteiger partial charge in [-0.25, -0.2) is 0 Å². The van der Waals surface area contributed by atoms with Gasteiger partial charge in [-0.3, -0.25) is 0 Å². The fourth-order valence-electron chi connectivity index (χ4n) is 1.90. The molecule has 14 heavy (non-hydrogen) atoms. The topological polar surface area (TPSA) is 41.5 Å². The van der Waals surface area contributed by atoms with Crippen LogP contribution in [0.1, 0.15) is 32.6 Å². The first-order valence-corrected chi connectivity index (χ1v) is 5.62. The van der Waals surface area contributed by atoms with E-state index in [0.717, 1.165) is 12.3 Å². The molecule has 3 nitrogen and oxygen atoms in total. The van der Waals surface area contributed by atoms with Crippen LogP contribution in [0, 0.1) is 5.92 Å². The van der Waals surface area contributed by atoms with E-state index in [9.17, 15) is 0 Å². The van der Waals surface area contributed by atoms with Gasteiger partial charge in [0, 0.05) is 25.8 Å². The van der Waals surface area contributed by atoms with Gasteiger partial charge >= 0.3 is 0 Å². The predicted octanol–water partition coefficient (Wildman–Crippen LogP) is 1.16. The highest BCUT2D eigenvalue weighted by atomic mass is 16.5. The lowest BCUT2D eigenvalue weighted by molar-refractivity contribution is 0.142. The minimum atomic E-state index is 0.233. The van der Waals surface area contributed by atoms with Gasteiger partial charge in [-0.15, -0.1) is 0 Å². The number of hydrogen-bond acceptors (Lipinski definition) is 3. The Kier molecular flexibility index (Phi) is 5.45. The van der Waals surface area contributed by atoms with Gasteiger partial charge in [-0.05, 0) is 25.7 Å². The average Bonchev–Trinajstić information content (AvgIpc) is 2.89. The van der Waals surface area contributed by atoms with Crippen LogP contribution in [-0.4, -0.2) is 37.5 Å². The second kappa shape index (κ2) is 6.38. The van der Waals surface area contributed by atoms with Crippen molar-refractivity contribution < 1.29 is 9.84 Å². The molecule has 1 aliphatic rings. The lowest BCUT2D eigenvalue weighted by Crippen LogP contribution is -2.40. The summed E-state index contributed by atoms with van der Waals surface area (Å²) in [5.41, 5.74) is 0. The van der Waals surface area contributed by atoms with Crippen molar-refractivity contribution in [1.29, 1.82) is 0 Å². The molecule has 0 aromatic heterocycles. The molecule has 0 radical (unpaired) electrons. The second-order valence-corrected chi connectivity index (χ2v) is 4.41. The molecule has 0 amide bonds. The minimum Gasteiger partial charge on any atom is -0.396 e. The summed E-state index contributed by atoms with van der Waals surface area (Å²) in [4.78, 5) is 0. The van der Waals surface area contributed by atoms with Gasteiger partial charge in [0.25, 0.3) is 0 Å². The first-order chi connectivity index (χ1) is 6.76. The average molecular weight is 201 g/mol. The number of rotatable bonds is 8. The number of nitrogens with one attached hydrogen (secondary N) is 1. The smallest absolute Gasteiger partial charge is 0.0616 e. The number of aliphatic hydroxyl groups excluding tert-OH is 1. The second-order valence-electron chi connectivity index (χ2n) is 4.41. The number of hydrogen-bond donors (Lipinski definition) is 2. The maximum absolute atomic E-state index is 8.87. The summed E-state index contributed by atoms with van der Waals surface area (Å²) >= 11 is 0. The quantitative estimate of drug-likeness (QED) is 0.619. The molecule has 1 rings (SSSR count). The first kappa shape index (κ1) is 12.0. The zero-order valence-electron chi connectivity index (χ0n) is 9.33. The van der Waals surface area contributed by atoms with Crippen molar-refractivity contribution in [1.82, 2.24) is 5.32 Å². The molecule has 84 valence electrons. The summed E-state index contributed by atoms with van der Waals surface area (Å²) in [6.07, 6.45) is 4.86. The molecule has 1 aliphatic carbocycles. The predicted molar refractivity (Wildman–Crippen MR) is 57.3 cm³/mol. The summed E-state index contributed by atoms with van der Waals surface area (Å²) in [5, 5.41) is 12.4. The van der Waals surface area contributed by atoms with Crippen LogP contribution in [0.2, 0.25) is 0 Å². The summed E-state index contributed by atoms with van der Waals surface area (Å²) in [5.74, 6) is 0.954. The van der Waals surface area contributed by atoms with Crippen molar-refractivity contribution >= 4 is 0 Å². The highest BCUT2D eigenvalue weighted by Crippen LogP contribution is 2.33. The highest BCUT2D eigenvalue weighted by molar-refractivity contribution is 4.80. The molecule has 0 aliphatic heterocycles. The lowest BCUT2D eigenvalue weighted by atomic mass is 10.1. The molecule has 2 N–H and O–H groups in total. The van der Waals surface area contributed by atoms with Crippen LogP contribution < -0.4 is 5.32 Å². The van der Waals surface area contributed by atoms with E-state index in [1.807, 2.05) is 0 Å². The van der Waals surface area contributed by atoms with Crippen LogP contribution in [-0.2, 0) is 4.74 Å². The van der Waals surface area contributed by atoms with Crippen LogP contribution in [0.3, 0.4) is 0 Å². The van der Waals surface area contributed by atoms with Crippen molar-refractivity contribution in [3.05, 3.63) is 0 Å². The SMILES string of the molecule is COCC(CCO)NC(C)CC1CC1. The van der Waals surface area contributed by atoms with E-state index >= 15 is 0 Å². The van der Waals surface area contributed by atoms with Gasteiger partial charge in [-0.1, -0.05) is 12.8 Å². The van der Waals surface area contributed by atoms with Gasteiger partial charge in [-0.2, -0.15) is 0 Å². The van der Waals surface area contributed by atoms with Crippen LogP contribution in [0.25, 0.3) is 0 Å². The standard InChI is InChI=1S/C11H23NO2/c1-9(7-10-3-4-10)12-11(5-6-13)8-14-2/h9-13H,3-8H2,1-2H3. The van der Waals surface area contributed by atoms with Crippen molar-refractivity contribution in [3.63, 3.8) is 0 Å². The fourth-order valence-corrected chi connectivity index (χ4v) is 1.90. The molecule has 0 saturated heterocycles. The molecule has 1 saturated carbocycles. The maximum Gasteiger partial charge on any atom is 0.0616 e. The van der Waals surface area contributed by atoms with E-state index in [1.54, 1.807) is 7.11 Å². The Hall–Kier alpha value is -0.120. The van der Waals surface area contributed by atoms with Crippen molar-refractivity contribution in [2.75, 3.05) is 20.3 Å². The summed E-state index contributed by atoms with van der Waals surface area (Å²) in [6, 6.07) is 0.855. The Bertz CT molecular complexity index is 142. The van der Waals surface area contributed by atoms with Gasteiger partial charge in [0.15, 0.2) is 0 Å². The lowest BCUT2D eigenvalue weighted by Gasteiger charge is -2.22. The van der Waals surface area contributed by atoms with Crippen LogP contribution >= 0.6 is 0 Å². The molecule has 0 aromatic carbocycles. The molecule has 3 heteroatoms. The fraction of sp³-hybridized carbons (Fsp3) is 1.00. The van der Waals surface area contributed by atoms with Gasteiger partial charge in [0.2, 0.25) is 0 Å². The first-order valence-electron chi connectivity index (χ1n) is 5.62. The Labute approximate surface area is 86.8 Å². The van der Waals surface area contributed by atoms with Gasteiger partial charge in [0.05, 0.1) is 6.61 Å². The third-order valence-corrected chi connectivity index (χ3v) is 2.75. The third-order valence-electron chi connectivity index (χ3n) is 2.75. The van der Waals surface area contributed by atoms with Crippen LogP contribution in [0.5, 0.6) is 0 Å². The Morgan fingerprint density at radius 2 is 2.21 bits per heavy atom. The van der Waals surface area contributed by atoms with E-state index in [-0.39, 0.29) is 6.61 Å². The zero-order chi connectivity index (χ0) is 10.4. The highest BCUT2D eigenvalue weighted by Gasteiger charge is 2.24. The van der Waals surface area contributed by atoms with Gasteiger partial charge < -0.3 is 15.2 Å². The molecule has 0 aromatic rings. The minimum absolute atomic E-state index is 0.233. The third kappa shape index (κ3) is 4.94. The van der Waals surface area contributed by atoms with E-state index < -0.39 is 0 Å². The van der Waals surface area contributed by atoms with E-state index in [2.05, 4.69) is 12.2 Å². The summed E-state index contributed by atoms with van der Waals surface area (Å²) in [7, 11) is 1.71. The Morgan fingerprint density at radius 1 is 1.50 bits per heavy atom. The van der Waals surface area contributed by atoms with E-state index in [4.69, 9.17) is 9.84 Å². The van der Waals surface area contributed by atoms with Crippen molar-refractivity contribution in [2.45, 2.75) is 44.7 Å². The largest absolute Gasteiger partial charge is 0.396 e. The molecule has 0 heterocycles. The number of methoxy groups -OCH3 is 1. The Morgan fingerprint density at radius 3 is 2.71 bits per heavy atom. The molecular formula is C11H23NO2. The number of aliphatic hydroxyl groups is 1. The molecule has 1 fully saturated rings. The molecule has 0 bridgehead atoms. The maximum atomic E-state index is 8.87. The summed E-state index contributed by atoms with van der Waals surface area (Å²) in [6.45, 7) is 3.14. The van der Waals surface area contributed by atoms with Crippen LogP contribution in [0.15, 0.2) is 0 Å². The van der Waals surface area contributed by atoms with Gasteiger partial charge in [0.1, 0.15) is 0 Å². The monoisotopic (exact) mass is 201 g/mol. The molecule has 2 unspecified atom stereocenters. The van der Waals surface area contributed by atoms with E-state index in [0.29, 0.717) is 18.7 Å². The normalized spacial score (nSPS) is 20.8. The van der Waals surface area contributed by atoms with Crippen molar-refractivity contribution in [2.24, 2.45) is 5.92 Å².